The molecule has 0 atom stereocenters. The summed E-state index contributed by atoms with van der Waals surface area (Å²) < 4.78 is 13.8. The third-order valence-electron chi connectivity index (χ3n) is 3.03. The Hall–Kier alpha value is -1.58. The maximum Gasteiger partial charge on any atom is 0.128 e. The number of hydrogen-bond donors (Lipinski definition) is 0. The third-order valence-corrected chi connectivity index (χ3v) is 4.46. The van der Waals surface area contributed by atoms with Gasteiger partial charge in [-0.05, 0) is 24.3 Å². The number of thioether (sulfide) groups is 1. The number of fused-ring (bicyclic) bond motifs is 1. The van der Waals surface area contributed by atoms with Crippen molar-refractivity contribution >= 4 is 34.3 Å². The van der Waals surface area contributed by atoms with Gasteiger partial charge in [0.05, 0.1) is 5.52 Å². The quantitative estimate of drug-likeness (QED) is 0.607. The summed E-state index contributed by atoms with van der Waals surface area (Å²) in [7, 11) is 0. The van der Waals surface area contributed by atoms with Crippen LogP contribution in [0, 0.1) is 5.82 Å². The number of nitrogens with zero attached hydrogens (tertiary/aromatic N) is 1. The lowest BCUT2D eigenvalue weighted by atomic mass is 10.2. The molecule has 1 heterocycles. The van der Waals surface area contributed by atoms with Crippen LogP contribution in [0.4, 0.5) is 4.39 Å². The first-order valence-corrected chi connectivity index (χ1v) is 7.51. The average Bonchev–Trinajstić information content (AvgIpc) is 2.47. The molecule has 4 heteroatoms. The Morgan fingerprint density at radius 3 is 2.70 bits per heavy atom. The van der Waals surface area contributed by atoms with Crippen molar-refractivity contribution in [3.63, 3.8) is 0 Å². The van der Waals surface area contributed by atoms with Gasteiger partial charge in [-0.1, -0.05) is 35.9 Å². The van der Waals surface area contributed by atoms with Crippen LogP contribution in [0.3, 0.4) is 0 Å². The van der Waals surface area contributed by atoms with Crippen LogP contribution < -0.4 is 0 Å². The highest BCUT2D eigenvalue weighted by molar-refractivity contribution is 7.98. The Bertz CT molecular complexity index is 735. The number of rotatable bonds is 3. The van der Waals surface area contributed by atoms with Gasteiger partial charge < -0.3 is 0 Å². The highest BCUT2D eigenvalue weighted by Gasteiger charge is 2.09. The molecule has 3 aromatic rings. The molecule has 0 aliphatic carbocycles. The van der Waals surface area contributed by atoms with Crippen molar-refractivity contribution in [2.75, 3.05) is 0 Å². The second-order valence-electron chi connectivity index (χ2n) is 4.32. The van der Waals surface area contributed by atoms with E-state index >= 15 is 0 Å². The predicted octanol–water partition coefficient (Wildman–Crippen LogP) is 5.32. The van der Waals surface area contributed by atoms with Gasteiger partial charge in [-0.3, -0.25) is 4.98 Å². The number of aromatic nitrogens is 1. The zero-order valence-electron chi connectivity index (χ0n) is 10.5. The first kappa shape index (κ1) is 13.4. The van der Waals surface area contributed by atoms with E-state index in [1.165, 1.54) is 6.07 Å². The summed E-state index contributed by atoms with van der Waals surface area (Å²) in [5, 5.41) is 1.54. The Labute approximate surface area is 125 Å². The minimum Gasteiger partial charge on any atom is -0.255 e. The average molecular weight is 304 g/mol. The van der Waals surface area contributed by atoms with E-state index in [4.69, 9.17) is 11.6 Å². The molecule has 2 aromatic carbocycles. The summed E-state index contributed by atoms with van der Waals surface area (Å²) in [6.07, 6.45) is 1.77. The largest absolute Gasteiger partial charge is 0.255 e. The van der Waals surface area contributed by atoms with Gasteiger partial charge in [-0.25, -0.2) is 4.39 Å². The SMILES string of the molecule is Fc1cccc(Cl)c1CSc1cccc2cccnc12. The number of pyridine rings is 1. The van der Waals surface area contributed by atoms with Crippen molar-refractivity contribution in [3.05, 3.63) is 71.1 Å². The number of benzene rings is 2. The first-order valence-electron chi connectivity index (χ1n) is 6.15. The molecule has 0 fully saturated rings. The van der Waals surface area contributed by atoms with Crippen molar-refractivity contribution in [2.45, 2.75) is 10.6 Å². The smallest absolute Gasteiger partial charge is 0.128 e. The summed E-state index contributed by atoms with van der Waals surface area (Å²) in [6.45, 7) is 0. The van der Waals surface area contributed by atoms with Gasteiger partial charge in [-0.2, -0.15) is 0 Å². The molecule has 0 N–H and O–H groups in total. The molecular weight excluding hydrogens is 293 g/mol. The van der Waals surface area contributed by atoms with E-state index in [2.05, 4.69) is 4.98 Å². The van der Waals surface area contributed by atoms with Gasteiger partial charge in [0.2, 0.25) is 0 Å². The van der Waals surface area contributed by atoms with Crippen LogP contribution in [0.1, 0.15) is 5.56 Å². The van der Waals surface area contributed by atoms with E-state index in [0.29, 0.717) is 16.3 Å². The fourth-order valence-electron chi connectivity index (χ4n) is 2.01. The zero-order chi connectivity index (χ0) is 13.9. The van der Waals surface area contributed by atoms with Crippen LogP contribution in [-0.4, -0.2) is 4.98 Å². The van der Waals surface area contributed by atoms with E-state index in [-0.39, 0.29) is 5.82 Å². The van der Waals surface area contributed by atoms with Crippen LogP contribution in [-0.2, 0) is 5.75 Å². The Kier molecular flexibility index (Phi) is 3.90. The highest BCUT2D eigenvalue weighted by atomic mass is 35.5. The van der Waals surface area contributed by atoms with E-state index in [9.17, 15) is 4.39 Å². The van der Waals surface area contributed by atoms with Crippen LogP contribution in [0.15, 0.2) is 59.6 Å². The van der Waals surface area contributed by atoms with Gasteiger partial charge in [0.25, 0.3) is 0 Å². The van der Waals surface area contributed by atoms with Gasteiger partial charge in [0, 0.05) is 32.8 Å². The maximum absolute atomic E-state index is 13.8. The lowest BCUT2D eigenvalue weighted by molar-refractivity contribution is 0.617. The van der Waals surface area contributed by atoms with E-state index in [1.807, 2.05) is 30.3 Å². The highest BCUT2D eigenvalue weighted by Crippen LogP contribution is 2.31. The fourth-order valence-corrected chi connectivity index (χ4v) is 3.40. The molecule has 0 spiro atoms. The third kappa shape index (κ3) is 2.65. The molecule has 0 aliphatic heterocycles. The van der Waals surface area contributed by atoms with E-state index in [0.717, 1.165) is 15.8 Å². The Morgan fingerprint density at radius 1 is 1.05 bits per heavy atom. The lowest BCUT2D eigenvalue weighted by Gasteiger charge is -2.07. The summed E-state index contributed by atoms with van der Waals surface area (Å²) in [5.41, 5.74) is 1.47. The molecule has 20 heavy (non-hydrogen) atoms. The number of halogens is 2. The Balaban J connectivity index is 1.91. The molecule has 100 valence electrons. The van der Waals surface area contributed by atoms with Crippen molar-refractivity contribution in [2.24, 2.45) is 0 Å². The normalized spacial score (nSPS) is 10.9. The standard InChI is InChI=1S/C16H11ClFNS/c17-13-6-2-7-14(18)12(13)10-20-15-8-1-4-11-5-3-9-19-16(11)15/h1-9H,10H2. The van der Waals surface area contributed by atoms with Crippen LogP contribution >= 0.6 is 23.4 Å². The number of hydrogen-bond acceptors (Lipinski definition) is 2. The molecule has 0 saturated heterocycles. The lowest BCUT2D eigenvalue weighted by Crippen LogP contribution is -1.89. The molecule has 1 nitrogen and oxygen atoms in total. The summed E-state index contributed by atoms with van der Waals surface area (Å²) in [4.78, 5) is 5.42. The first-order chi connectivity index (χ1) is 9.75. The summed E-state index contributed by atoms with van der Waals surface area (Å²) in [6, 6.07) is 14.7. The van der Waals surface area contributed by atoms with Gasteiger partial charge in [0.15, 0.2) is 0 Å². The van der Waals surface area contributed by atoms with Crippen molar-refractivity contribution in [1.29, 1.82) is 0 Å². The molecule has 0 radical (unpaired) electrons. The minimum absolute atomic E-state index is 0.266. The van der Waals surface area contributed by atoms with Crippen molar-refractivity contribution in [3.8, 4) is 0 Å². The molecule has 0 aliphatic rings. The monoisotopic (exact) mass is 303 g/mol. The zero-order valence-corrected chi connectivity index (χ0v) is 12.1. The molecule has 0 amide bonds. The molecule has 0 bridgehead atoms. The molecular formula is C16H11ClFNS. The van der Waals surface area contributed by atoms with Gasteiger partial charge >= 0.3 is 0 Å². The summed E-state index contributed by atoms with van der Waals surface area (Å²) in [5.74, 6) is 0.222. The van der Waals surface area contributed by atoms with Crippen LogP contribution in [0.2, 0.25) is 5.02 Å². The predicted molar refractivity (Wildman–Crippen MR) is 82.7 cm³/mol. The maximum atomic E-state index is 13.8. The minimum atomic E-state index is -0.266. The molecule has 3 rings (SSSR count). The van der Waals surface area contributed by atoms with Crippen LogP contribution in [0.25, 0.3) is 10.9 Å². The second kappa shape index (κ2) is 5.81. The second-order valence-corrected chi connectivity index (χ2v) is 5.74. The summed E-state index contributed by atoms with van der Waals surface area (Å²) >= 11 is 7.59. The molecule has 0 saturated carbocycles. The van der Waals surface area contributed by atoms with Crippen molar-refractivity contribution < 1.29 is 4.39 Å². The number of para-hydroxylation sites is 1. The molecule has 1 aromatic heterocycles. The fraction of sp³-hybridized carbons (Fsp3) is 0.0625. The van der Waals surface area contributed by atoms with E-state index in [1.54, 1.807) is 30.1 Å². The Morgan fingerprint density at radius 2 is 1.85 bits per heavy atom. The molecule has 0 unspecified atom stereocenters. The van der Waals surface area contributed by atoms with E-state index < -0.39 is 0 Å². The van der Waals surface area contributed by atoms with Gasteiger partial charge in [-0.15, -0.1) is 11.8 Å². The van der Waals surface area contributed by atoms with Crippen molar-refractivity contribution in [1.82, 2.24) is 4.98 Å². The van der Waals surface area contributed by atoms with Gasteiger partial charge in [0.1, 0.15) is 5.82 Å². The van der Waals surface area contributed by atoms with Crippen LogP contribution in [0.5, 0.6) is 0 Å². The topological polar surface area (TPSA) is 12.9 Å².